The van der Waals surface area contributed by atoms with Gasteiger partial charge in [0.1, 0.15) is 0 Å². The maximum Gasteiger partial charge on any atom is 0.0921 e. The van der Waals surface area contributed by atoms with Gasteiger partial charge < -0.3 is 15.3 Å². The molecule has 0 atom stereocenters. The molecular weight excluding hydrogens is 200 g/mol. The Morgan fingerprint density at radius 3 is 2.12 bits per heavy atom. The van der Waals surface area contributed by atoms with Crippen LogP contribution in [0.5, 0.6) is 0 Å². The van der Waals surface area contributed by atoms with E-state index < -0.39 is 0 Å². The Hall–Kier alpha value is -0.960. The van der Waals surface area contributed by atoms with Crippen LogP contribution >= 0.6 is 0 Å². The maximum atomic E-state index is 9.23. The van der Waals surface area contributed by atoms with Crippen molar-refractivity contribution in [2.45, 2.75) is 34.6 Å². The van der Waals surface area contributed by atoms with Crippen molar-refractivity contribution in [2.24, 2.45) is 0 Å². The third kappa shape index (κ3) is 8.36. The number of nitrogens with zero attached hydrogens (tertiary/aromatic N) is 1. The summed E-state index contributed by atoms with van der Waals surface area (Å²) in [4.78, 5) is 2.16. The van der Waals surface area contributed by atoms with E-state index in [0.29, 0.717) is 5.76 Å². The molecule has 0 aromatic rings. The highest BCUT2D eigenvalue weighted by molar-refractivity contribution is 5.21. The number of rotatable bonds is 5. The van der Waals surface area contributed by atoms with Gasteiger partial charge in [-0.2, -0.15) is 0 Å². The largest absolute Gasteiger partial charge is 0.512 e. The van der Waals surface area contributed by atoms with E-state index in [9.17, 15) is 5.11 Å². The van der Waals surface area contributed by atoms with E-state index in [1.807, 2.05) is 47.9 Å². The molecule has 96 valence electrons. The number of nitrogens with one attached hydrogen (secondary N) is 1. The van der Waals surface area contributed by atoms with Gasteiger partial charge in [-0.3, -0.25) is 0 Å². The van der Waals surface area contributed by atoms with Gasteiger partial charge in [0.05, 0.1) is 5.76 Å². The molecule has 0 aliphatic rings. The Morgan fingerprint density at radius 1 is 1.25 bits per heavy atom. The molecule has 0 amide bonds. The minimum atomic E-state index is 0.381. The van der Waals surface area contributed by atoms with Crippen LogP contribution in [0.4, 0.5) is 0 Å². The SMILES string of the molecule is CC.CNCCN(C)/C(C)=C/C(C)=C(\C)O. The average Bonchev–Trinajstić information content (AvgIpc) is 2.28. The van der Waals surface area contributed by atoms with Crippen molar-refractivity contribution >= 4 is 0 Å². The molecule has 0 saturated heterocycles. The first kappa shape index (κ1) is 17.4. The van der Waals surface area contributed by atoms with Gasteiger partial charge >= 0.3 is 0 Å². The number of hydrogen-bond acceptors (Lipinski definition) is 3. The molecule has 0 aliphatic heterocycles. The molecule has 3 heteroatoms. The zero-order chi connectivity index (χ0) is 13.1. The Labute approximate surface area is 101 Å². The first-order valence-electron chi connectivity index (χ1n) is 5.89. The summed E-state index contributed by atoms with van der Waals surface area (Å²) in [6.45, 7) is 11.6. The Kier molecular flexibility index (Phi) is 11.5. The normalized spacial score (nSPS) is 12.6. The van der Waals surface area contributed by atoms with Crippen LogP contribution in [-0.4, -0.2) is 37.2 Å². The van der Waals surface area contributed by atoms with Gasteiger partial charge in [-0.1, -0.05) is 13.8 Å². The highest BCUT2D eigenvalue weighted by Gasteiger charge is 1.99. The van der Waals surface area contributed by atoms with Gasteiger partial charge in [-0.25, -0.2) is 0 Å². The highest BCUT2D eigenvalue weighted by atomic mass is 16.3. The molecule has 0 aromatic heterocycles. The summed E-state index contributed by atoms with van der Waals surface area (Å²) in [5.41, 5.74) is 2.07. The van der Waals surface area contributed by atoms with Crippen LogP contribution in [0.25, 0.3) is 0 Å². The lowest BCUT2D eigenvalue weighted by Crippen LogP contribution is -2.26. The molecule has 0 unspecified atom stereocenters. The monoisotopic (exact) mass is 228 g/mol. The Balaban J connectivity index is 0. The van der Waals surface area contributed by atoms with Crippen molar-refractivity contribution in [2.75, 3.05) is 27.2 Å². The van der Waals surface area contributed by atoms with E-state index in [0.717, 1.165) is 24.4 Å². The Bertz CT molecular complexity index is 228. The summed E-state index contributed by atoms with van der Waals surface area (Å²) in [5.74, 6) is 0.381. The van der Waals surface area contributed by atoms with Gasteiger partial charge in [0.15, 0.2) is 0 Å². The molecule has 0 radical (unpaired) electrons. The van der Waals surface area contributed by atoms with E-state index in [4.69, 9.17) is 0 Å². The maximum absolute atomic E-state index is 9.23. The molecule has 3 nitrogen and oxygen atoms in total. The number of aliphatic hydroxyl groups is 1. The van der Waals surface area contributed by atoms with Crippen LogP contribution in [0.3, 0.4) is 0 Å². The molecule has 0 aromatic carbocycles. The second kappa shape index (κ2) is 10.6. The van der Waals surface area contributed by atoms with Gasteiger partial charge in [-0.15, -0.1) is 0 Å². The number of hydrogen-bond donors (Lipinski definition) is 2. The first-order chi connectivity index (χ1) is 7.49. The van der Waals surface area contributed by atoms with Gasteiger partial charge in [0, 0.05) is 25.8 Å². The van der Waals surface area contributed by atoms with E-state index in [-0.39, 0.29) is 0 Å². The standard InChI is InChI=1S/C11H22N2O.C2H6/c1-9(11(3)14)8-10(2)13(5)7-6-12-4;1-2/h8,12,14H,6-7H2,1-5H3;1-2H3/b10-8+,11-9+;. The van der Waals surface area contributed by atoms with Crippen LogP contribution < -0.4 is 5.32 Å². The van der Waals surface area contributed by atoms with Crippen molar-refractivity contribution in [3.8, 4) is 0 Å². The minimum Gasteiger partial charge on any atom is -0.512 e. The lowest BCUT2D eigenvalue weighted by atomic mass is 10.2. The fourth-order valence-electron chi connectivity index (χ4n) is 0.984. The second-order valence-corrected chi connectivity index (χ2v) is 3.58. The Morgan fingerprint density at radius 2 is 1.75 bits per heavy atom. The van der Waals surface area contributed by atoms with E-state index in [2.05, 4.69) is 10.2 Å². The summed E-state index contributed by atoms with van der Waals surface area (Å²) in [6.07, 6.45) is 1.99. The number of allylic oxidation sites excluding steroid dienone is 4. The lowest BCUT2D eigenvalue weighted by molar-refractivity contribution is 0.404. The molecular formula is C13H28N2O. The van der Waals surface area contributed by atoms with Crippen molar-refractivity contribution in [1.82, 2.24) is 10.2 Å². The number of likely N-dealkylation sites (N-methyl/N-ethyl adjacent to an activating group) is 2. The highest BCUT2D eigenvalue weighted by Crippen LogP contribution is 2.07. The van der Waals surface area contributed by atoms with Crippen LogP contribution in [0.15, 0.2) is 23.1 Å². The molecule has 16 heavy (non-hydrogen) atoms. The van der Waals surface area contributed by atoms with Gasteiger partial charge in [-0.05, 0) is 39.5 Å². The molecule has 0 fully saturated rings. The zero-order valence-corrected chi connectivity index (χ0v) is 11.9. The predicted octanol–water partition coefficient (Wildman–Crippen LogP) is 2.92. The van der Waals surface area contributed by atoms with Crippen molar-refractivity contribution < 1.29 is 5.11 Å². The molecule has 2 N–H and O–H groups in total. The summed E-state index contributed by atoms with van der Waals surface area (Å²) in [7, 11) is 3.99. The molecule has 0 bridgehead atoms. The lowest BCUT2D eigenvalue weighted by Gasteiger charge is -2.19. The van der Waals surface area contributed by atoms with Crippen LogP contribution in [0.1, 0.15) is 34.6 Å². The second-order valence-electron chi connectivity index (χ2n) is 3.58. The molecule has 0 heterocycles. The summed E-state index contributed by atoms with van der Waals surface area (Å²) < 4.78 is 0. The van der Waals surface area contributed by atoms with Crippen LogP contribution in [0.2, 0.25) is 0 Å². The quantitative estimate of drug-likeness (QED) is 0.561. The van der Waals surface area contributed by atoms with Crippen LogP contribution in [0, 0.1) is 0 Å². The third-order valence-corrected chi connectivity index (χ3v) is 2.30. The minimum absolute atomic E-state index is 0.381. The van der Waals surface area contributed by atoms with Gasteiger partial charge in [0.2, 0.25) is 0 Å². The molecule has 0 aliphatic carbocycles. The summed E-state index contributed by atoms with van der Waals surface area (Å²) >= 11 is 0. The molecule has 0 saturated carbocycles. The van der Waals surface area contributed by atoms with E-state index in [1.165, 1.54) is 0 Å². The smallest absolute Gasteiger partial charge is 0.0921 e. The van der Waals surface area contributed by atoms with Crippen molar-refractivity contribution in [3.63, 3.8) is 0 Å². The summed E-state index contributed by atoms with van der Waals surface area (Å²) in [6, 6.07) is 0. The topological polar surface area (TPSA) is 35.5 Å². The zero-order valence-electron chi connectivity index (χ0n) is 11.9. The third-order valence-electron chi connectivity index (χ3n) is 2.30. The van der Waals surface area contributed by atoms with E-state index in [1.54, 1.807) is 6.92 Å². The average molecular weight is 228 g/mol. The number of aliphatic hydroxyl groups excluding tert-OH is 1. The first-order valence-corrected chi connectivity index (χ1v) is 5.89. The van der Waals surface area contributed by atoms with Crippen LogP contribution in [-0.2, 0) is 0 Å². The van der Waals surface area contributed by atoms with Crippen molar-refractivity contribution in [3.05, 3.63) is 23.1 Å². The van der Waals surface area contributed by atoms with Gasteiger partial charge in [0.25, 0.3) is 0 Å². The fraction of sp³-hybridized carbons (Fsp3) is 0.692. The summed E-state index contributed by atoms with van der Waals surface area (Å²) in [5, 5.41) is 12.3. The molecule has 0 rings (SSSR count). The fourth-order valence-corrected chi connectivity index (χ4v) is 0.984. The van der Waals surface area contributed by atoms with E-state index >= 15 is 0 Å². The molecule has 0 spiro atoms. The van der Waals surface area contributed by atoms with Crippen molar-refractivity contribution in [1.29, 1.82) is 0 Å². The predicted molar refractivity (Wildman–Crippen MR) is 72.7 cm³/mol.